The second-order valence-corrected chi connectivity index (χ2v) is 7.42. The van der Waals surface area contributed by atoms with Gasteiger partial charge >= 0.3 is 0 Å². The van der Waals surface area contributed by atoms with Crippen molar-refractivity contribution in [1.82, 2.24) is 5.32 Å². The fraction of sp³-hybridized carbons (Fsp3) is 0.292. The number of ether oxygens (including phenoxy) is 3. The average Bonchev–Trinajstić information content (AvgIpc) is 3.22. The number of rotatable bonds is 6. The van der Waals surface area contributed by atoms with Gasteiger partial charge in [0, 0.05) is 0 Å². The number of carbonyl (C=O) groups is 1. The fourth-order valence-corrected chi connectivity index (χ4v) is 3.37. The molecule has 1 aromatic heterocycles. The van der Waals surface area contributed by atoms with E-state index in [1.807, 2.05) is 51.1 Å². The number of benzene rings is 2. The first-order valence-corrected chi connectivity index (χ1v) is 9.99. The maximum absolute atomic E-state index is 12.6. The summed E-state index contributed by atoms with van der Waals surface area (Å²) in [5.74, 6) is 2.78. The lowest BCUT2D eigenvalue weighted by atomic mass is 10.1. The van der Waals surface area contributed by atoms with Gasteiger partial charge in [0.05, 0.1) is 6.04 Å². The average molecular weight is 407 g/mol. The van der Waals surface area contributed by atoms with Crippen LogP contribution in [-0.4, -0.2) is 19.1 Å². The van der Waals surface area contributed by atoms with Crippen molar-refractivity contribution in [3.63, 3.8) is 0 Å². The Kier molecular flexibility index (Phi) is 5.65. The second-order valence-electron chi connectivity index (χ2n) is 7.42. The van der Waals surface area contributed by atoms with Crippen molar-refractivity contribution in [3.05, 3.63) is 76.7 Å². The summed E-state index contributed by atoms with van der Waals surface area (Å²) in [6.45, 7) is 7.29. The summed E-state index contributed by atoms with van der Waals surface area (Å²) >= 11 is 0. The number of carbonyl (C=O) groups excluding carboxylic acids is 1. The van der Waals surface area contributed by atoms with Crippen LogP contribution in [-0.2, 0) is 6.61 Å². The maximum atomic E-state index is 12.6. The van der Waals surface area contributed by atoms with E-state index in [0.717, 1.165) is 22.6 Å². The normalized spacial score (nSPS) is 13.6. The minimum Gasteiger partial charge on any atom is -0.486 e. The lowest BCUT2D eigenvalue weighted by molar-refractivity contribution is 0.0907. The van der Waals surface area contributed by atoms with Gasteiger partial charge in [-0.05, 0) is 62.2 Å². The highest BCUT2D eigenvalue weighted by molar-refractivity contribution is 5.91. The summed E-state index contributed by atoms with van der Waals surface area (Å²) in [7, 11) is 0. The van der Waals surface area contributed by atoms with E-state index in [9.17, 15) is 4.79 Å². The van der Waals surface area contributed by atoms with E-state index in [2.05, 4.69) is 11.4 Å². The van der Waals surface area contributed by atoms with Crippen LogP contribution in [0.2, 0.25) is 0 Å². The molecule has 1 unspecified atom stereocenters. The van der Waals surface area contributed by atoms with Crippen molar-refractivity contribution in [1.29, 1.82) is 0 Å². The third kappa shape index (κ3) is 4.43. The molecule has 0 bridgehead atoms. The molecule has 6 heteroatoms. The number of hydrogen-bond acceptors (Lipinski definition) is 5. The van der Waals surface area contributed by atoms with Crippen LogP contribution in [0.5, 0.6) is 17.2 Å². The first-order valence-electron chi connectivity index (χ1n) is 9.99. The molecule has 1 aliphatic heterocycles. The molecular weight excluding hydrogens is 382 g/mol. The first kappa shape index (κ1) is 19.9. The Bertz CT molecular complexity index is 1060. The van der Waals surface area contributed by atoms with Crippen molar-refractivity contribution >= 4 is 5.91 Å². The van der Waals surface area contributed by atoms with Crippen molar-refractivity contribution in [2.45, 2.75) is 33.4 Å². The van der Waals surface area contributed by atoms with Gasteiger partial charge in [0.2, 0.25) is 0 Å². The molecule has 1 N–H and O–H groups in total. The first-order chi connectivity index (χ1) is 14.5. The Morgan fingerprint density at radius 2 is 1.83 bits per heavy atom. The number of fused-ring (bicyclic) bond motifs is 1. The van der Waals surface area contributed by atoms with E-state index in [1.165, 1.54) is 5.56 Å². The highest BCUT2D eigenvalue weighted by Crippen LogP contribution is 2.32. The molecule has 1 atom stereocenters. The third-order valence-electron chi connectivity index (χ3n) is 5.00. The van der Waals surface area contributed by atoms with Crippen LogP contribution in [0.1, 0.15) is 46.0 Å². The van der Waals surface area contributed by atoms with Gasteiger partial charge in [-0.15, -0.1) is 0 Å². The third-order valence-corrected chi connectivity index (χ3v) is 5.00. The topological polar surface area (TPSA) is 69.9 Å². The van der Waals surface area contributed by atoms with Crippen LogP contribution in [0.15, 0.2) is 52.9 Å². The molecule has 2 aromatic carbocycles. The largest absolute Gasteiger partial charge is 0.486 e. The van der Waals surface area contributed by atoms with Gasteiger partial charge < -0.3 is 23.9 Å². The van der Waals surface area contributed by atoms with E-state index in [0.29, 0.717) is 24.7 Å². The Hall–Kier alpha value is -3.41. The van der Waals surface area contributed by atoms with Crippen LogP contribution < -0.4 is 19.5 Å². The van der Waals surface area contributed by atoms with Crippen molar-refractivity contribution < 1.29 is 23.4 Å². The summed E-state index contributed by atoms with van der Waals surface area (Å²) in [6, 6.07) is 14.9. The zero-order valence-corrected chi connectivity index (χ0v) is 17.4. The summed E-state index contributed by atoms with van der Waals surface area (Å²) in [5.41, 5.74) is 3.18. The van der Waals surface area contributed by atoms with E-state index >= 15 is 0 Å². The molecule has 156 valence electrons. The van der Waals surface area contributed by atoms with E-state index in [-0.39, 0.29) is 24.3 Å². The Balaban J connectivity index is 1.36. The zero-order chi connectivity index (χ0) is 21.1. The van der Waals surface area contributed by atoms with Gasteiger partial charge in [0.25, 0.3) is 5.91 Å². The van der Waals surface area contributed by atoms with Crippen LogP contribution in [0.4, 0.5) is 0 Å². The molecule has 1 amide bonds. The molecule has 0 aliphatic carbocycles. The van der Waals surface area contributed by atoms with Crippen LogP contribution in [0.25, 0.3) is 0 Å². The number of nitrogens with one attached hydrogen (secondary N) is 1. The fourth-order valence-electron chi connectivity index (χ4n) is 3.37. The summed E-state index contributed by atoms with van der Waals surface area (Å²) < 4.78 is 22.7. The lowest BCUT2D eigenvalue weighted by Gasteiger charge is -2.21. The smallest absolute Gasteiger partial charge is 0.287 e. The van der Waals surface area contributed by atoms with Gasteiger partial charge in [-0.1, -0.05) is 23.8 Å². The van der Waals surface area contributed by atoms with E-state index in [1.54, 1.807) is 12.1 Å². The monoisotopic (exact) mass is 407 g/mol. The van der Waals surface area contributed by atoms with Gasteiger partial charge in [0.1, 0.15) is 31.3 Å². The lowest BCUT2D eigenvalue weighted by Crippen LogP contribution is -2.26. The molecule has 3 aromatic rings. The maximum Gasteiger partial charge on any atom is 0.287 e. The van der Waals surface area contributed by atoms with Gasteiger partial charge in [-0.25, -0.2) is 0 Å². The van der Waals surface area contributed by atoms with Crippen LogP contribution in [0.3, 0.4) is 0 Å². The Morgan fingerprint density at radius 3 is 2.63 bits per heavy atom. The summed E-state index contributed by atoms with van der Waals surface area (Å²) in [5, 5.41) is 2.95. The molecule has 6 nitrogen and oxygen atoms in total. The second kappa shape index (κ2) is 8.53. The minimum absolute atomic E-state index is 0.215. The standard InChI is InChI=1S/C24H25NO5/c1-15-4-7-20(16(2)12-15)29-14-19-6-9-22(30-19)24(26)25-17(3)18-5-8-21-23(13-18)28-11-10-27-21/h4-9,12-13,17H,10-11,14H2,1-3H3,(H,25,26). The molecule has 0 saturated heterocycles. The summed E-state index contributed by atoms with van der Waals surface area (Å²) in [6.07, 6.45) is 0. The molecule has 0 saturated carbocycles. The highest BCUT2D eigenvalue weighted by atomic mass is 16.6. The van der Waals surface area contributed by atoms with Gasteiger partial charge in [-0.2, -0.15) is 0 Å². The number of hydrogen-bond donors (Lipinski definition) is 1. The molecule has 4 rings (SSSR count). The van der Waals surface area contributed by atoms with Gasteiger partial charge in [-0.3, -0.25) is 4.79 Å². The molecule has 0 fully saturated rings. The minimum atomic E-state index is -0.282. The van der Waals surface area contributed by atoms with E-state index in [4.69, 9.17) is 18.6 Å². The van der Waals surface area contributed by atoms with Crippen molar-refractivity contribution in [2.75, 3.05) is 13.2 Å². The van der Waals surface area contributed by atoms with Crippen LogP contribution in [0, 0.1) is 13.8 Å². The Morgan fingerprint density at radius 1 is 1.03 bits per heavy atom. The molecule has 30 heavy (non-hydrogen) atoms. The molecule has 0 radical (unpaired) electrons. The molecular formula is C24H25NO5. The predicted molar refractivity (Wildman–Crippen MR) is 112 cm³/mol. The zero-order valence-electron chi connectivity index (χ0n) is 17.4. The number of furan rings is 1. The molecule has 2 heterocycles. The van der Waals surface area contributed by atoms with Crippen molar-refractivity contribution in [3.8, 4) is 17.2 Å². The van der Waals surface area contributed by atoms with Gasteiger partial charge in [0.15, 0.2) is 17.3 Å². The quantitative estimate of drug-likeness (QED) is 0.639. The molecule has 0 spiro atoms. The summed E-state index contributed by atoms with van der Waals surface area (Å²) in [4.78, 5) is 12.6. The highest BCUT2D eigenvalue weighted by Gasteiger charge is 2.18. The Labute approximate surface area is 175 Å². The number of aryl methyl sites for hydroxylation is 2. The number of amides is 1. The van der Waals surface area contributed by atoms with Crippen LogP contribution >= 0.6 is 0 Å². The van der Waals surface area contributed by atoms with E-state index < -0.39 is 0 Å². The predicted octanol–water partition coefficient (Wildman–Crippen LogP) is 4.74. The van der Waals surface area contributed by atoms with Crippen molar-refractivity contribution in [2.24, 2.45) is 0 Å². The SMILES string of the molecule is Cc1ccc(OCc2ccc(C(=O)NC(C)c3ccc4c(c3)OCCO4)o2)c(C)c1. The molecule has 1 aliphatic rings.